The van der Waals surface area contributed by atoms with Gasteiger partial charge in [0.25, 0.3) is 0 Å². The summed E-state index contributed by atoms with van der Waals surface area (Å²) in [7, 11) is 0. The minimum atomic E-state index is -0.922. The van der Waals surface area contributed by atoms with Crippen molar-refractivity contribution in [2.45, 2.75) is 25.7 Å². The maximum atomic E-state index is 11.3. The van der Waals surface area contributed by atoms with Crippen LogP contribution in [0.4, 0.5) is 0 Å². The van der Waals surface area contributed by atoms with Gasteiger partial charge in [0.15, 0.2) is 0 Å². The van der Waals surface area contributed by atoms with Crippen molar-refractivity contribution >= 4 is 23.6 Å². The van der Waals surface area contributed by atoms with Crippen molar-refractivity contribution < 1.29 is 14.3 Å². The average Bonchev–Trinajstić information content (AvgIpc) is 3.31. The number of fused-ring (bicyclic) bond motifs is 1. The molecule has 0 bridgehead atoms. The van der Waals surface area contributed by atoms with Gasteiger partial charge in [-0.25, -0.2) is 9.78 Å². The zero-order valence-electron chi connectivity index (χ0n) is 12.8. The molecule has 0 aliphatic heterocycles. The molecule has 0 unspecified atom stereocenters. The zero-order valence-corrected chi connectivity index (χ0v) is 12.8. The minimum absolute atomic E-state index is 0.159. The Bertz CT molecular complexity index is 762. The Morgan fingerprint density at radius 3 is 2.96 bits per heavy atom. The molecule has 1 saturated carbocycles. The number of amides is 1. The molecule has 120 valence electrons. The molecular formula is C16H18N4O3. The molecule has 0 spiro atoms. The minimum Gasteiger partial charge on any atom is -0.459 e. The van der Waals surface area contributed by atoms with Crippen LogP contribution >= 0.6 is 0 Å². The monoisotopic (exact) mass is 314 g/mol. The molecule has 23 heavy (non-hydrogen) atoms. The molecule has 2 aromatic rings. The van der Waals surface area contributed by atoms with Crippen LogP contribution in [0.5, 0.6) is 0 Å². The topological polar surface area (TPSA) is 84.7 Å². The lowest BCUT2D eigenvalue weighted by Crippen LogP contribution is -2.39. The van der Waals surface area contributed by atoms with Crippen molar-refractivity contribution in [3.63, 3.8) is 0 Å². The largest absolute Gasteiger partial charge is 0.459 e. The highest BCUT2D eigenvalue weighted by Gasteiger charge is 2.23. The van der Waals surface area contributed by atoms with Crippen LogP contribution in [0.2, 0.25) is 0 Å². The van der Waals surface area contributed by atoms with Gasteiger partial charge in [-0.05, 0) is 43.4 Å². The Balaban J connectivity index is 1.58. The van der Waals surface area contributed by atoms with Crippen LogP contribution in [0.1, 0.15) is 36.9 Å². The van der Waals surface area contributed by atoms with Crippen molar-refractivity contribution in [2.24, 2.45) is 0 Å². The standard InChI is InChI=1S/C16H18N4O3/c1-2-23-16(22)15(21)19-17-8-7-13-10-20-9-12(11-3-4-11)5-6-14(20)18-13/h5-11,17H,2-4H2,1H3,(H,19,21). The number of pyridine rings is 1. The van der Waals surface area contributed by atoms with Gasteiger partial charge in [0.1, 0.15) is 5.65 Å². The van der Waals surface area contributed by atoms with Gasteiger partial charge in [0, 0.05) is 18.6 Å². The second-order valence-corrected chi connectivity index (χ2v) is 5.32. The molecule has 0 atom stereocenters. The summed E-state index contributed by atoms with van der Waals surface area (Å²) < 4.78 is 6.55. The number of hydrogen-bond acceptors (Lipinski definition) is 5. The van der Waals surface area contributed by atoms with Crippen LogP contribution in [-0.2, 0) is 14.3 Å². The Morgan fingerprint density at radius 1 is 1.39 bits per heavy atom. The molecule has 0 saturated heterocycles. The first-order valence-corrected chi connectivity index (χ1v) is 7.55. The summed E-state index contributed by atoms with van der Waals surface area (Å²) in [6.45, 7) is 1.79. The van der Waals surface area contributed by atoms with Gasteiger partial charge >= 0.3 is 11.9 Å². The second-order valence-electron chi connectivity index (χ2n) is 5.32. The summed E-state index contributed by atoms with van der Waals surface area (Å²) in [5.41, 5.74) is 7.70. The summed E-state index contributed by atoms with van der Waals surface area (Å²) in [5.74, 6) is -1.07. The highest BCUT2D eigenvalue weighted by molar-refractivity contribution is 6.32. The molecule has 2 N–H and O–H groups in total. The summed E-state index contributed by atoms with van der Waals surface area (Å²) in [4.78, 5) is 26.8. The van der Waals surface area contributed by atoms with Crippen LogP contribution < -0.4 is 10.9 Å². The fourth-order valence-corrected chi connectivity index (χ4v) is 2.25. The lowest BCUT2D eigenvalue weighted by Gasteiger charge is -2.02. The maximum Gasteiger partial charge on any atom is 0.398 e. The molecule has 7 nitrogen and oxygen atoms in total. The van der Waals surface area contributed by atoms with Crippen molar-refractivity contribution in [3.05, 3.63) is 42.0 Å². The molecule has 7 heteroatoms. The fraction of sp³-hybridized carbons (Fsp3) is 0.312. The van der Waals surface area contributed by atoms with Gasteiger partial charge in [0.2, 0.25) is 0 Å². The van der Waals surface area contributed by atoms with Crippen LogP contribution in [0, 0.1) is 0 Å². The van der Waals surface area contributed by atoms with Gasteiger partial charge in [-0.2, -0.15) is 0 Å². The van der Waals surface area contributed by atoms with E-state index in [9.17, 15) is 9.59 Å². The summed E-state index contributed by atoms with van der Waals surface area (Å²) in [5, 5.41) is 0. The number of ether oxygens (including phenoxy) is 1. The van der Waals surface area contributed by atoms with E-state index in [0.29, 0.717) is 5.92 Å². The molecule has 2 heterocycles. The summed E-state index contributed by atoms with van der Waals surface area (Å²) in [6.07, 6.45) is 9.74. The average molecular weight is 314 g/mol. The van der Waals surface area contributed by atoms with Crippen molar-refractivity contribution in [2.75, 3.05) is 6.61 Å². The first kappa shape index (κ1) is 15.1. The van der Waals surface area contributed by atoms with Crippen LogP contribution in [-0.4, -0.2) is 27.9 Å². The predicted molar refractivity (Wildman–Crippen MR) is 84.1 cm³/mol. The van der Waals surface area contributed by atoms with E-state index in [-0.39, 0.29) is 6.61 Å². The number of nitrogens with zero attached hydrogens (tertiary/aromatic N) is 2. The smallest absolute Gasteiger partial charge is 0.398 e. The summed E-state index contributed by atoms with van der Waals surface area (Å²) in [6, 6.07) is 4.12. The Labute approximate surface area is 133 Å². The van der Waals surface area contributed by atoms with E-state index in [1.54, 1.807) is 13.0 Å². The third-order valence-corrected chi connectivity index (χ3v) is 3.53. The first-order valence-electron chi connectivity index (χ1n) is 7.55. The van der Waals surface area contributed by atoms with Gasteiger partial charge in [0.05, 0.1) is 12.3 Å². The highest BCUT2D eigenvalue weighted by Crippen LogP contribution is 2.39. The van der Waals surface area contributed by atoms with E-state index in [1.165, 1.54) is 24.6 Å². The fourth-order valence-electron chi connectivity index (χ4n) is 2.25. The summed E-state index contributed by atoms with van der Waals surface area (Å²) >= 11 is 0. The molecule has 0 radical (unpaired) electrons. The Morgan fingerprint density at radius 2 is 2.22 bits per heavy atom. The SMILES string of the molecule is CCOC(=O)C(=O)NNC=Cc1cn2cc(C3CC3)ccc2n1. The molecule has 1 aliphatic carbocycles. The lowest BCUT2D eigenvalue weighted by atomic mass is 10.2. The molecule has 1 aliphatic rings. The normalized spacial score (nSPS) is 14.1. The third-order valence-electron chi connectivity index (χ3n) is 3.53. The zero-order chi connectivity index (χ0) is 16.2. The van der Waals surface area contributed by atoms with Gasteiger partial charge in [-0.15, -0.1) is 0 Å². The van der Waals surface area contributed by atoms with Gasteiger partial charge in [-0.3, -0.25) is 10.2 Å². The Kier molecular flexibility index (Phi) is 4.27. The number of carbonyl (C=O) groups is 2. The number of nitrogens with one attached hydrogen (secondary N) is 2. The van der Waals surface area contributed by atoms with Crippen molar-refractivity contribution in [1.82, 2.24) is 20.2 Å². The second kappa shape index (κ2) is 6.51. The number of esters is 1. The van der Waals surface area contributed by atoms with Gasteiger partial charge in [-0.1, -0.05) is 6.07 Å². The number of hydrogen-bond donors (Lipinski definition) is 2. The number of imidazole rings is 1. The number of carbonyl (C=O) groups excluding carboxylic acids is 2. The molecular weight excluding hydrogens is 296 g/mol. The van der Waals surface area contributed by atoms with Gasteiger partial charge < -0.3 is 14.6 Å². The quantitative estimate of drug-likeness (QED) is 0.494. The van der Waals surface area contributed by atoms with Crippen LogP contribution in [0.15, 0.2) is 30.7 Å². The highest BCUT2D eigenvalue weighted by atomic mass is 16.5. The van der Waals surface area contributed by atoms with Crippen molar-refractivity contribution in [1.29, 1.82) is 0 Å². The molecule has 1 fully saturated rings. The van der Waals surface area contributed by atoms with Crippen LogP contribution in [0.3, 0.4) is 0 Å². The molecule has 3 rings (SSSR count). The first-order chi connectivity index (χ1) is 11.2. The van der Waals surface area contributed by atoms with E-state index in [2.05, 4.69) is 32.8 Å². The molecule has 1 amide bonds. The molecule has 0 aromatic carbocycles. The van der Waals surface area contributed by atoms with E-state index in [0.717, 1.165) is 11.3 Å². The Hall–Kier alpha value is -2.83. The number of hydrazine groups is 1. The third kappa shape index (κ3) is 3.68. The van der Waals surface area contributed by atoms with Crippen molar-refractivity contribution in [3.8, 4) is 0 Å². The maximum absolute atomic E-state index is 11.3. The van der Waals surface area contributed by atoms with E-state index < -0.39 is 11.9 Å². The number of aromatic nitrogens is 2. The lowest BCUT2D eigenvalue weighted by molar-refractivity contribution is -0.154. The van der Waals surface area contributed by atoms with Crippen LogP contribution in [0.25, 0.3) is 11.7 Å². The predicted octanol–water partition coefficient (Wildman–Crippen LogP) is 1.37. The molecule has 2 aromatic heterocycles. The number of rotatable bonds is 5. The van der Waals surface area contributed by atoms with E-state index in [1.807, 2.05) is 16.7 Å². The van der Waals surface area contributed by atoms with E-state index >= 15 is 0 Å². The van der Waals surface area contributed by atoms with E-state index in [4.69, 9.17) is 0 Å².